The van der Waals surface area contributed by atoms with Crippen LogP contribution in [-0.4, -0.2) is 57.7 Å². The maximum absolute atomic E-state index is 10.6. The van der Waals surface area contributed by atoms with Crippen molar-refractivity contribution in [1.29, 1.82) is 0 Å². The molecule has 0 aromatic carbocycles. The van der Waals surface area contributed by atoms with E-state index in [1.165, 1.54) is 0 Å². The van der Waals surface area contributed by atoms with Gasteiger partial charge in [0.05, 0.1) is 13.2 Å². The third kappa shape index (κ3) is 2.84. The largest absolute Gasteiger partial charge is 0.394 e. The van der Waals surface area contributed by atoms with Gasteiger partial charge in [-0.1, -0.05) is 0 Å². The normalized spacial score (nSPS) is 18.4. The second kappa shape index (κ2) is 5.18. The first-order valence-electron chi connectivity index (χ1n) is 3.42. The highest BCUT2D eigenvalue weighted by Gasteiger charge is 2.28. The van der Waals surface area contributed by atoms with Crippen LogP contribution in [0.1, 0.15) is 0 Å². The zero-order valence-corrected chi connectivity index (χ0v) is 6.42. The summed E-state index contributed by atoms with van der Waals surface area (Å²) in [6.07, 6.45) is -4.96. The molecular formula is C6H13NO5. The van der Waals surface area contributed by atoms with Gasteiger partial charge in [0.25, 0.3) is 0 Å². The molecule has 0 aliphatic rings. The molecule has 0 heterocycles. The van der Waals surface area contributed by atoms with Crippen LogP contribution in [0.5, 0.6) is 0 Å². The molecule has 0 unspecified atom stereocenters. The maximum Gasteiger partial charge on any atom is 0.177 e. The van der Waals surface area contributed by atoms with Gasteiger partial charge in [0, 0.05) is 0 Å². The van der Waals surface area contributed by atoms with Crippen molar-refractivity contribution in [3.8, 4) is 0 Å². The van der Waals surface area contributed by atoms with E-state index in [4.69, 9.17) is 26.2 Å². The summed E-state index contributed by atoms with van der Waals surface area (Å²) in [7, 11) is 0. The van der Waals surface area contributed by atoms with Crippen LogP contribution in [-0.2, 0) is 4.79 Å². The minimum atomic E-state index is -1.74. The van der Waals surface area contributed by atoms with E-state index in [2.05, 4.69) is 0 Å². The molecule has 0 aliphatic carbocycles. The number of hydrogen-bond acceptors (Lipinski definition) is 6. The summed E-state index contributed by atoms with van der Waals surface area (Å²) in [5, 5.41) is 35.0. The standard InChI is InChI=1S/C6H13NO5/c7-1-3(9)5(11)6(12)4(10)2-8/h4-6,8,10-12H,1-2,7H2/t4-,5-,6+/m1/s1. The summed E-state index contributed by atoms with van der Waals surface area (Å²) < 4.78 is 0. The molecular weight excluding hydrogens is 166 g/mol. The molecule has 0 rings (SSSR count). The highest BCUT2D eigenvalue weighted by molar-refractivity contribution is 5.85. The Morgan fingerprint density at radius 2 is 1.83 bits per heavy atom. The van der Waals surface area contributed by atoms with Gasteiger partial charge in [-0.3, -0.25) is 4.79 Å². The number of hydrogen-bond donors (Lipinski definition) is 5. The van der Waals surface area contributed by atoms with E-state index in [9.17, 15) is 4.79 Å². The van der Waals surface area contributed by atoms with E-state index in [1.807, 2.05) is 0 Å². The molecule has 0 saturated heterocycles. The van der Waals surface area contributed by atoms with E-state index < -0.39 is 37.2 Å². The number of carbonyl (C=O) groups excluding carboxylic acids is 1. The number of carbonyl (C=O) groups is 1. The Kier molecular flexibility index (Phi) is 4.95. The van der Waals surface area contributed by atoms with Crippen molar-refractivity contribution in [2.24, 2.45) is 5.73 Å². The number of rotatable bonds is 5. The Labute approximate surface area is 69.2 Å². The van der Waals surface area contributed by atoms with Crippen LogP contribution in [0.2, 0.25) is 0 Å². The van der Waals surface area contributed by atoms with Crippen molar-refractivity contribution >= 4 is 5.78 Å². The van der Waals surface area contributed by atoms with Crippen LogP contribution in [0.15, 0.2) is 0 Å². The second-order valence-electron chi connectivity index (χ2n) is 2.36. The number of Topliss-reactive ketones (excluding diaryl/α,β-unsaturated/α-hetero) is 1. The number of ketones is 1. The lowest BCUT2D eigenvalue weighted by molar-refractivity contribution is -0.138. The molecule has 0 aromatic rings. The Morgan fingerprint density at radius 3 is 2.17 bits per heavy atom. The van der Waals surface area contributed by atoms with Gasteiger partial charge < -0.3 is 26.2 Å². The van der Waals surface area contributed by atoms with Crippen LogP contribution in [0.3, 0.4) is 0 Å². The smallest absolute Gasteiger partial charge is 0.177 e. The Balaban J connectivity index is 4.08. The van der Waals surface area contributed by atoms with Gasteiger partial charge >= 0.3 is 0 Å². The van der Waals surface area contributed by atoms with Gasteiger partial charge in [-0.25, -0.2) is 0 Å². The average molecular weight is 179 g/mol. The third-order valence-corrected chi connectivity index (χ3v) is 1.44. The summed E-state index contributed by atoms with van der Waals surface area (Å²) in [6.45, 7) is -1.15. The molecule has 0 aliphatic heterocycles. The fourth-order valence-corrected chi connectivity index (χ4v) is 0.630. The quantitative estimate of drug-likeness (QED) is 0.299. The van der Waals surface area contributed by atoms with Gasteiger partial charge in [-0.05, 0) is 0 Å². The highest BCUT2D eigenvalue weighted by atomic mass is 16.4. The summed E-state index contributed by atoms with van der Waals surface area (Å²) in [4.78, 5) is 10.6. The first kappa shape index (κ1) is 11.5. The van der Waals surface area contributed by atoms with Gasteiger partial charge in [-0.15, -0.1) is 0 Å². The van der Waals surface area contributed by atoms with E-state index in [0.29, 0.717) is 0 Å². The molecule has 6 heteroatoms. The van der Waals surface area contributed by atoms with E-state index in [-0.39, 0.29) is 0 Å². The molecule has 0 bridgehead atoms. The highest BCUT2D eigenvalue weighted by Crippen LogP contribution is 2.00. The van der Waals surface area contributed by atoms with Gasteiger partial charge in [0.1, 0.15) is 18.3 Å². The lowest BCUT2D eigenvalue weighted by atomic mass is 10.1. The van der Waals surface area contributed by atoms with Crippen molar-refractivity contribution in [3.05, 3.63) is 0 Å². The minimum Gasteiger partial charge on any atom is -0.394 e. The zero-order chi connectivity index (χ0) is 9.72. The Morgan fingerprint density at radius 1 is 1.33 bits per heavy atom. The molecule has 0 fully saturated rings. The predicted molar refractivity (Wildman–Crippen MR) is 39.2 cm³/mol. The van der Waals surface area contributed by atoms with E-state index >= 15 is 0 Å². The molecule has 72 valence electrons. The topological polar surface area (TPSA) is 124 Å². The van der Waals surface area contributed by atoms with Crippen molar-refractivity contribution in [1.82, 2.24) is 0 Å². The first-order chi connectivity index (χ1) is 5.54. The molecule has 3 atom stereocenters. The molecule has 6 N–H and O–H groups in total. The van der Waals surface area contributed by atoms with Gasteiger partial charge in [-0.2, -0.15) is 0 Å². The monoisotopic (exact) mass is 179 g/mol. The SMILES string of the molecule is NCC(=O)[C@@H](O)[C@@H](O)[C@H](O)CO. The van der Waals surface area contributed by atoms with Crippen LogP contribution in [0.4, 0.5) is 0 Å². The van der Waals surface area contributed by atoms with Crippen LogP contribution >= 0.6 is 0 Å². The number of aliphatic hydroxyl groups is 4. The van der Waals surface area contributed by atoms with Crippen LogP contribution in [0.25, 0.3) is 0 Å². The fourth-order valence-electron chi connectivity index (χ4n) is 0.630. The first-order valence-corrected chi connectivity index (χ1v) is 3.42. The molecule has 0 aromatic heterocycles. The van der Waals surface area contributed by atoms with Crippen LogP contribution < -0.4 is 5.73 Å². The summed E-state index contributed by atoms with van der Waals surface area (Å²) in [6, 6.07) is 0. The molecule has 0 amide bonds. The summed E-state index contributed by atoms with van der Waals surface area (Å²) in [5.41, 5.74) is 4.89. The number of aliphatic hydroxyl groups excluding tert-OH is 4. The second-order valence-corrected chi connectivity index (χ2v) is 2.36. The summed E-state index contributed by atoms with van der Waals surface area (Å²) >= 11 is 0. The van der Waals surface area contributed by atoms with Crippen molar-refractivity contribution < 1.29 is 25.2 Å². The van der Waals surface area contributed by atoms with Gasteiger partial charge in [0.2, 0.25) is 0 Å². The fraction of sp³-hybridized carbons (Fsp3) is 0.833. The minimum absolute atomic E-state index is 0.420. The zero-order valence-electron chi connectivity index (χ0n) is 6.42. The maximum atomic E-state index is 10.6. The third-order valence-electron chi connectivity index (χ3n) is 1.44. The summed E-state index contributed by atoms with van der Waals surface area (Å²) in [5.74, 6) is -0.782. The average Bonchev–Trinajstić information content (AvgIpc) is 2.12. The molecule has 6 nitrogen and oxygen atoms in total. The molecule has 12 heavy (non-hydrogen) atoms. The van der Waals surface area contributed by atoms with E-state index in [0.717, 1.165) is 0 Å². The molecule has 0 radical (unpaired) electrons. The van der Waals surface area contributed by atoms with Crippen molar-refractivity contribution in [3.63, 3.8) is 0 Å². The lowest BCUT2D eigenvalue weighted by Crippen LogP contribution is -2.45. The van der Waals surface area contributed by atoms with Gasteiger partial charge in [0.15, 0.2) is 5.78 Å². The Hall–Kier alpha value is -0.530. The van der Waals surface area contributed by atoms with Crippen molar-refractivity contribution in [2.75, 3.05) is 13.2 Å². The van der Waals surface area contributed by atoms with E-state index in [1.54, 1.807) is 0 Å². The molecule has 0 spiro atoms. The molecule has 0 saturated carbocycles. The van der Waals surface area contributed by atoms with Crippen molar-refractivity contribution in [2.45, 2.75) is 18.3 Å². The van der Waals surface area contributed by atoms with Crippen LogP contribution in [0, 0.1) is 0 Å². The lowest BCUT2D eigenvalue weighted by Gasteiger charge is -2.19. The Bertz CT molecular complexity index is 151. The predicted octanol–water partition coefficient (Wildman–Crippen LogP) is -3.41. The number of nitrogens with two attached hydrogens (primary N) is 1.